The summed E-state index contributed by atoms with van der Waals surface area (Å²) in [6.07, 6.45) is 7.39. The number of primary amides is 1. The van der Waals surface area contributed by atoms with Crippen LogP contribution in [-0.2, 0) is 0 Å². The summed E-state index contributed by atoms with van der Waals surface area (Å²) in [6.45, 7) is 2.22. The molecule has 2 atom stereocenters. The summed E-state index contributed by atoms with van der Waals surface area (Å²) in [5, 5.41) is 0.293. The van der Waals surface area contributed by atoms with Crippen LogP contribution in [0.25, 0.3) is 10.9 Å². The van der Waals surface area contributed by atoms with Crippen LogP contribution in [0.1, 0.15) is 61.1 Å². The van der Waals surface area contributed by atoms with Gasteiger partial charge in [-0.3, -0.25) is 14.6 Å². The summed E-state index contributed by atoms with van der Waals surface area (Å²) in [4.78, 5) is 31.2. The Morgan fingerprint density at radius 1 is 1.45 bits per heavy atom. The summed E-state index contributed by atoms with van der Waals surface area (Å²) in [7, 11) is 0. The second-order valence-electron chi connectivity index (χ2n) is 6.17. The smallest absolute Gasteiger partial charge is 0.268 e. The minimum absolute atomic E-state index is 0.0420. The van der Waals surface area contributed by atoms with Crippen LogP contribution >= 0.6 is 0 Å². The van der Waals surface area contributed by atoms with Gasteiger partial charge < -0.3 is 10.7 Å². The number of fused-ring (bicyclic) bond motifs is 1. The number of hydrogen-bond acceptors (Lipinski definition) is 3. The zero-order chi connectivity index (χ0) is 15.7. The van der Waals surface area contributed by atoms with E-state index in [4.69, 9.17) is 5.73 Å². The molecule has 1 aliphatic carbocycles. The molecule has 0 saturated heterocycles. The van der Waals surface area contributed by atoms with Gasteiger partial charge in [0.15, 0.2) is 5.43 Å². The van der Waals surface area contributed by atoms with Crippen LogP contribution in [0.3, 0.4) is 0 Å². The largest absolute Gasteiger partial charge is 0.364 e. The van der Waals surface area contributed by atoms with E-state index in [0.29, 0.717) is 16.8 Å². The van der Waals surface area contributed by atoms with Crippen molar-refractivity contribution in [3.05, 3.63) is 39.9 Å². The van der Waals surface area contributed by atoms with E-state index in [1.54, 1.807) is 12.1 Å². The molecule has 5 nitrogen and oxygen atoms in total. The van der Waals surface area contributed by atoms with Crippen molar-refractivity contribution >= 4 is 16.8 Å². The summed E-state index contributed by atoms with van der Waals surface area (Å²) >= 11 is 0. The molecule has 0 radical (unpaired) electrons. The highest BCUT2D eigenvalue weighted by molar-refractivity contribution is 6.03. The van der Waals surface area contributed by atoms with Crippen molar-refractivity contribution in [2.45, 2.75) is 44.9 Å². The quantitative estimate of drug-likeness (QED) is 0.913. The van der Waals surface area contributed by atoms with Crippen molar-refractivity contribution in [2.75, 3.05) is 0 Å². The molecule has 3 N–H and O–H groups in total. The van der Waals surface area contributed by atoms with Crippen molar-refractivity contribution in [1.29, 1.82) is 0 Å². The number of rotatable bonds is 3. The number of aromatic nitrogens is 2. The Hall–Kier alpha value is -2.17. The topological polar surface area (TPSA) is 88.8 Å². The lowest BCUT2D eigenvalue weighted by Crippen LogP contribution is -2.20. The van der Waals surface area contributed by atoms with Gasteiger partial charge in [-0.2, -0.15) is 0 Å². The van der Waals surface area contributed by atoms with E-state index in [-0.39, 0.29) is 11.1 Å². The van der Waals surface area contributed by atoms with Gasteiger partial charge in [0.1, 0.15) is 5.69 Å². The van der Waals surface area contributed by atoms with Crippen molar-refractivity contribution in [3.8, 4) is 0 Å². The highest BCUT2D eigenvalue weighted by Gasteiger charge is 2.24. The molecule has 2 aromatic rings. The Kier molecular flexibility index (Phi) is 3.96. The highest BCUT2D eigenvalue weighted by atomic mass is 16.1. The molecular weight excluding hydrogens is 278 g/mol. The van der Waals surface area contributed by atoms with Crippen LogP contribution in [0.5, 0.6) is 0 Å². The van der Waals surface area contributed by atoms with E-state index in [9.17, 15) is 9.59 Å². The van der Waals surface area contributed by atoms with Gasteiger partial charge in [0.25, 0.3) is 5.91 Å². The van der Waals surface area contributed by atoms with Gasteiger partial charge in [-0.05, 0) is 30.7 Å². The first-order chi connectivity index (χ1) is 10.6. The van der Waals surface area contributed by atoms with Gasteiger partial charge in [0.2, 0.25) is 0 Å². The van der Waals surface area contributed by atoms with Crippen LogP contribution < -0.4 is 11.2 Å². The zero-order valence-electron chi connectivity index (χ0n) is 12.8. The number of aromatic amines is 1. The molecule has 2 heterocycles. The molecule has 0 aromatic carbocycles. The maximum Gasteiger partial charge on any atom is 0.268 e. The summed E-state index contributed by atoms with van der Waals surface area (Å²) in [5.74, 6) is 0.449. The fourth-order valence-corrected chi connectivity index (χ4v) is 3.57. The first-order valence-electron chi connectivity index (χ1n) is 7.92. The Morgan fingerprint density at radius 2 is 2.27 bits per heavy atom. The number of H-pyrrole nitrogens is 1. The first-order valence-corrected chi connectivity index (χ1v) is 7.92. The number of carbonyl (C=O) groups excluding carboxylic acids is 1. The number of carbonyl (C=O) groups is 1. The fourth-order valence-electron chi connectivity index (χ4n) is 3.57. The molecule has 1 aliphatic rings. The van der Waals surface area contributed by atoms with E-state index >= 15 is 0 Å². The van der Waals surface area contributed by atoms with Crippen LogP contribution in [-0.4, -0.2) is 15.9 Å². The van der Waals surface area contributed by atoms with Crippen molar-refractivity contribution in [1.82, 2.24) is 9.97 Å². The number of hydrogen-bond donors (Lipinski definition) is 2. The lowest BCUT2D eigenvalue weighted by atomic mass is 9.78. The third kappa shape index (κ3) is 2.63. The fraction of sp³-hybridized carbons (Fsp3) is 0.471. The Morgan fingerprint density at radius 3 is 3.00 bits per heavy atom. The second kappa shape index (κ2) is 5.91. The Bertz CT molecular complexity index is 766. The average molecular weight is 299 g/mol. The third-order valence-electron chi connectivity index (χ3n) is 4.80. The summed E-state index contributed by atoms with van der Waals surface area (Å²) in [6, 6.07) is 3.35. The predicted octanol–water partition coefficient (Wildman–Crippen LogP) is 2.71. The van der Waals surface area contributed by atoms with Crippen molar-refractivity contribution in [3.63, 3.8) is 0 Å². The molecule has 3 rings (SSSR count). The number of nitrogens with zero attached hydrogens (tertiary/aromatic N) is 1. The summed E-state index contributed by atoms with van der Waals surface area (Å²) in [5.41, 5.74) is 6.79. The van der Waals surface area contributed by atoms with Gasteiger partial charge >= 0.3 is 0 Å². The molecule has 0 spiro atoms. The predicted molar refractivity (Wildman–Crippen MR) is 85.9 cm³/mol. The highest BCUT2D eigenvalue weighted by Crippen LogP contribution is 2.36. The lowest BCUT2D eigenvalue weighted by molar-refractivity contribution is 0.0997. The first kappa shape index (κ1) is 14.8. The van der Waals surface area contributed by atoms with E-state index < -0.39 is 5.91 Å². The van der Waals surface area contributed by atoms with E-state index in [1.807, 2.05) is 0 Å². The van der Waals surface area contributed by atoms with Crippen LogP contribution in [0, 0.1) is 5.92 Å². The average Bonchev–Trinajstić information content (AvgIpc) is 2.54. The molecule has 116 valence electrons. The number of amides is 1. The Labute approximate surface area is 128 Å². The minimum atomic E-state index is -0.674. The standard InChI is InChI=1S/C17H21N3O2/c1-2-10-4-3-5-11(8-10)13-9-14(21)15-12(20-13)6-7-19-16(15)17(18)22/h6-7,9-11H,2-5,8H2,1H3,(H2,18,22)(H,20,21)/t10-,11+/m1/s1. The molecule has 0 bridgehead atoms. The van der Waals surface area contributed by atoms with Gasteiger partial charge in [-0.1, -0.05) is 26.2 Å². The molecular formula is C17H21N3O2. The van der Waals surface area contributed by atoms with Crippen LogP contribution in [0.15, 0.2) is 23.1 Å². The lowest BCUT2D eigenvalue weighted by Gasteiger charge is -2.28. The van der Waals surface area contributed by atoms with Gasteiger partial charge in [-0.25, -0.2) is 0 Å². The maximum absolute atomic E-state index is 12.5. The molecule has 5 heteroatoms. The van der Waals surface area contributed by atoms with Gasteiger partial charge in [0, 0.05) is 18.0 Å². The van der Waals surface area contributed by atoms with Gasteiger partial charge in [0.05, 0.1) is 10.9 Å². The van der Waals surface area contributed by atoms with E-state index in [1.165, 1.54) is 25.5 Å². The number of nitrogens with two attached hydrogens (primary N) is 1. The van der Waals surface area contributed by atoms with Crippen LogP contribution in [0.2, 0.25) is 0 Å². The molecule has 22 heavy (non-hydrogen) atoms. The van der Waals surface area contributed by atoms with Crippen molar-refractivity contribution in [2.24, 2.45) is 11.7 Å². The molecule has 0 aliphatic heterocycles. The molecule has 1 amide bonds. The van der Waals surface area contributed by atoms with Crippen molar-refractivity contribution < 1.29 is 4.79 Å². The molecule has 2 aromatic heterocycles. The number of pyridine rings is 2. The monoisotopic (exact) mass is 299 g/mol. The van der Waals surface area contributed by atoms with E-state index in [0.717, 1.165) is 24.5 Å². The summed E-state index contributed by atoms with van der Waals surface area (Å²) < 4.78 is 0. The van der Waals surface area contributed by atoms with Crippen LogP contribution in [0.4, 0.5) is 0 Å². The Balaban J connectivity index is 2.06. The zero-order valence-corrected chi connectivity index (χ0v) is 12.8. The van der Waals surface area contributed by atoms with Gasteiger partial charge in [-0.15, -0.1) is 0 Å². The molecule has 1 saturated carbocycles. The second-order valence-corrected chi connectivity index (χ2v) is 6.17. The van der Waals surface area contributed by atoms with E-state index in [2.05, 4.69) is 16.9 Å². The minimum Gasteiger partial charge on any atom is -0.364 e. The number of nitrogens with one attached hydrogen (secondary N) is 1. The normalized spacial score (nSPS) is 21.9. The maximum atomic E-state index is 12.5. The third-order valence-corrected chi connectivity index (χ3v) is 4.80. The molecule has 1 fully saturated rings. The molecule has 0 unspecified atom stereocenters. The SMILES string of the molecule is CC[C@@H]1CCC[C@H](c2cc(=O)c3c(C(N)=O)nccc3[nH]2)C1.